The molecule has 1 aromatic rings. The number of carbonyl (C=O) groups excluding carboxylic acids is 1. The molecule has 21 heavy (non-hydrogen) atoms. The number of aromatic carboxylic acids is 1. The molecule has 1 fully saturated rings. The highest BCUT2D eigenvalue weighted by Crippen LogP contribution is 2.26. The number of nitrogens with two attached hydrogens (primary N) is 1. The summed E-state index contributed by atoms with van der Waals surface area (Å²) in [5.41, 5.74) is 4.74. The third kappa shape index (κ3) is 3.22. The molecule has 10 heteroatoms. The smallest absolute Gasteiger partial charge is 0.340 e. The number of carbonyl (C=O) groups is 2. The van der Waals surface area contributed by atoms with Crippen molar-refractivity contribution in [2.45, 2.75) is 24.3 Å². The first kappa shape index (κ1) is 15.4. The van der Waals surface area contributed by atoms with Gasteiger partial charge < -0.3 is 10.8 Å². The van der Waals surface area contributed by atoms with E-state index in [0.29, 0.717) is 12.8 Å². The highest BCUT2D eigenvalue weighted by atomic mass is 32.2. The molecule has 4 N–H and O–H groups in total. The van der Waals surface area contributed by atoms with Crippen LogP contribution in [0.15, 0.2) is 11.2 Å². The topological polar surface area (TPSA) is 146 Å². The van der Waals surface area contributed by atoms with E-state index in [1.165, 1.54) is 4.31 Å². The molecule has 0 radical (unpaired) electrons. The van der Waals surface area contributed by atoms with Crippen molar-refractivity contribution >= 4 is 21.9 Å². The number of H-pyrrole nitrogens is 1. The zero-order valence-corrected chi connectivity index (χ0v) is 12.0. The number of primary amides is 1. The van der Waals surface area contributed by atoms with Crippen LogP contribution in [0.2, 0.25) is 0 Å². The van der Waals surface area contributed by atoms with Crippen molar-refractivity contribution in [1.82, 2.24) is 14.5 Å². The van der Waals surface area contributed by atoms with Gasteiger partial charge in [-0.05, 0) is 18.8 Å². The Hall–Kier alpha value is -1.94. The maximum Gasteiger partial charge on any atom is 0.340 e. The maximum atomic E-state index is 12.4. The fraction of sp³-hybridized carbons (Fsp3) is 0.545. The van der Waals surface area contributed by atoms with Gasteiger partial charge in [0, 0.05) is 19.5 Å². The summed E-state index contributed by atoms with van der Waals surface area (Å²) < 4.78 is 26.0. The van der Waals surface area contributed by atoms with E-state index >= 15 is 0 Å². The minimum atomic E-state index is -3.93. The third-order valence-corrected chi connectivity index (χ3v) is 5.37. The summed E-state index contributed by atoms with van der Waals surface area (Å²) in [6.45, 7) is 0.441. The van der Waals surface area contributed by atoms with Crippen LogP contribution in [0.4, 0.5) is 0 Å². The summed E-state index contributed by atoms with van der Waals surface area (Å²) in [5, 5.41) is 14.3. The van der Waals surface area contributed by atoms with Crippen LogP contribution >= 0.6 is 0 Å². The molecule has 0 bridgehead atoms. The van der Waals surface area contributed by atoms with E-state index in [4.69, 9.17) is 10.8 Å². The molecular formula is C11H16N4O5S. The predicted octanol–water partition coefficient (Wildman–Crippen LogP) is -0.616. The minimum absolute atomic E-state index is 0.0645. The number of nitrogens with one attached hydrogen (secondary N) is 1. The summed E-state index contributed by atoms with van der Waals surface area (Å²) in [4.78, 5) is 21.9. The zero-order chi connectivity index (χ0) is 15.6. The van der Waals surface area contributed by atoms with E-state index in [1.807, 2.05) is 0 Å². The lowest BCUT2D eigenvalue weighted by Crippen LogP contribution is -2.39. The number of hydrogen-bond donors (Lipinski definition) is 3. The van der Waals surface area contributed by atoms with Crippen LogP contribution in [0, 0.1) is 5.92 Å². The lowest BCUT2D eigenvalue weighted by Gasteiger charge is -2.30. The number of rotatable bonds is 5. The van der Waals surface area contributed by atoms with Gasteiger partial charge in [-0.25, -0.2) is 13.2 Å². The number of hydrogen-bond acceptors (Lipinski definition) is 5. The Morgan fingerprint density at radius 1 is 1.43 bits per heavy atom. The van der Waals surface area contributed by atoms with E-state index in [2.05, 4.69) is 10.2 Å². The van der Waals surface area contributed by atoms with Crippen molar-refractivity contribution in [3.8, 4) is 0 Å². The van der Waals surface area contributed by atoms with Gasteiger partial charge >= 0.3 is 5.97 Å². The standard InChI is InChI=1S/C11H16N4O5S/c12-9(16)5-7-1-3-15(4-2-7)21(19,20)10-8(11(17)18)6-13-14-10/h6-7H,1-5H2,(H2,12,16)(H,13,14)(H,17,18). The van der Waals surface area contributed by atoms with E-state index in [0.717, 1.165) is 6.20 Å². The molecule has 0 aliphatic carbocycles. The van der Waals surface area contributed by atoms with Crippen molar-refractivity contribution < 1.29 is 23.1 Å². The van der Waals surface area contributed by atoms with Crippen molar-refractivity contribution in [2.75, 3.05) is 13.1 Å². The molecule has 116 valence electrons. The number of carboxylic acids is 1. The number of carboxylic acid groups (broad SMARTS) is 1. The highest BCUT2D eigenvalue weighted by molar-refractivity contribution is 7.89. The van der Waals surface area contributed by atoms with Crippen LogP contribution in [0.5, 0.6) is 0 Å². The Labute approximate surface area is 121 Å². The maximum absolute atomic E-state index is 12.4. The molecule has 0 aromatic carbocycles. The van der Waals surface area contributed by atoms with E-state index in [9.17, 15) is 18.0 Å². The minimum Gasteiger partial charge on any atom is -0.478 e. The first-order valence-corrected chi connectivity index (χ1v) is 7.81. The van der Waals surface area contributed by atoms with Gasteiger partial charge in [-0.1, -0.05) is 0 Å². The van der Waals surface area contributed by atoms with Crippen molar-refractivity contribution in [3.05, 3.63) is 11.8 Å². The van der Waals surface area contributed by atoms with Gasteiger partial charge in [0.2, 0.25) is 5.91 Å². The average molecular weight is 316 g/mol. The van der Waals surface area contributed by atoms with Crippen molar-refractivity contribution in [2.24, 2.45) is 11.7 Å². The molecule has 1 aromatic heterocycles. The molecule has 0 unspecified atom stereocenters. The monoisotopic (exact) mass is 316 g/mol. The Balaban J connectivity index is 2.13. The van der Waals surface area contributed by atoms with Crippen molar-refractivity contribution in [3.63, 3.8) is 0 Å². The fourth-order valence-corrected chi connectivity index (χ4v) is 3.93. The number of amides is 1. The largest absolute Gasteiger partial charge is 0.478 e. The van der Waals surface area contributed by atoms with E-state index in [1.54, 1.807) is 0 Å². The first-order valence-electron chi connectivity index (χ1n) is 6.37. The van der Waals surface area contributed by atoms with Crippen LogP contribution in [-0.2, 0) is 14.8 Å². The average Bonchev–Trinajstić information content (AvgIpc) is 2.88. The van der Waals surface area contributed by atoms with Crippen molar-refractivity contribution in [1.29, 1.82) is 0 Å². The van der Waals surface area contributed by atoms with E-state index < -0.39 is 26.9 Å². The molecular weight excluding hydrogens is 300 g/mol. The number of sulfonamides is 1. The second-order valence-corrected chi connectivity index (χ2v) is 6.81. The first-order chi connectivity index (χ1) is 9.82. The molecule has 1 saturated heterocycles. The molecule has 0 spiro atoms. The van der Waals surface area contributed by atoms with Crippen LogP contribution in [0.3, 0.4) is 0 Å². The number of piperidine rings is 1. The molecule has 0 saturated carbocycles. The Kier molecular flexibility index (Phi) is 4.28. The lowest BCUT2D eigenvalue weighted by atomic mass is 9.94. The summed E-state index contributed by atoms with van der Waals surface area (Å²) >= 11 is 0. The van der Waals surface area contributed by atoms with Gasteiger partial charge in [0.25, 0.3) is 10.0 Å². The van der Waals surface area contributed by atoms with Crippen LogP contribution in [-0.4, -0.2) is 53.0 Å². The van der Waals surface area contributed by atoms with Gasteiger partial charge in [-0.2, -0.15) is 9.40 Å². The van der Waals surface area contributed by atoms with Crippen LogP contribution < -0.4 is 5.73 Å². The molecule has 9 nitrogen and oxygen atoms in total. The van der Waals surface area contributed by atoms with Gasteiger partial charge in [-0.3, -0.25) is 9.89 Å². The second-order valence-electron chi connectivity index (χ2n) is 4.94. The van der Waals surface area contributed by atoms with Gasteiger partial charge in [0.1, 0.15) is 5.56 Å². The molecule has 2 rings (SSSR count). The Morgan fingerprint density at radius 3 is 2.57 bits per heavy atom. The third-order valence-electron chi connectivity index (χ3n) is 3.50. The fourth-order valence-electron chi connectivity index (χ4n) is 2.39. The molecule has 1 aliphatic rings. The lowest BCUT2D eigenvalue weighted by molar-refractivity contribution is -0.119. The van der Waals surface area contributed by atoms with Crippen LogP contribution in [0.25, 0.3) is 0 Å². The van der Waals surface area contributed by atoms with Gasteiger partial charge in [-0.15, -0.1) is 0 Å². The Bertz CT molecular complexity index is 645. The second kappa shape index (κ2) is 5.82. The van der Waals surface area contributed by atoms with E-state index in [-0.39, 0.29) is 31.0 Å². The number of aromatic amines is 1. The quantitative estimate of drug-likeness (QED) is 0.660. The summed E-state index contributed by atoms with van der Waals surface area (Å²) in [5.74, 6) is -1.70. The summed E-state index contributed by atoms with van der Waals surface area (Å²) in [6.07, 6.45) is 2.23. The number of aromatic nitrogens is 2. The molecule has 2 heterocycles. The summed E-state index contributed by atoms with van der Waals surface area (Å²) in [7, 11) is -3.93. The highest BCUT2D eigenvalue weighted by Gasteiger charge is 2.34. The normalized spacial score (nSPS) is 17.7. The Morgan fingerprint density at radius 2 is 2.05 bits per heavy atom. The predicted molar refractivity (Wildman–Crippen MR) is 70.8 cm³/mol. The number of nitrogens with zero attached hydrogens (tertiary/aromatic N) is 2. The zero-order valence-electron chi connectivity index (χ0n) is 11.2. The molecule has 1 aliphatic heterocycles. The molecule has 0 atom stereocenters. The van der Waals surface area contributed by atoms with Crippen LogP contribution in [0.1, 0.15) is 29.6 Å². The molecule has 1 amide bonds. The summed E-state index contributed by atoms with van der Waals surface area (Å²) in [6, 6.07) is 0. The van der Waals surface area contributed by atoms with Gasteiger partial charge in [0.15, 0.2) is 5.03 Å². The SMILES string of the molecule is NC(=O)CC1CCN(S(=O)(=O)c2[nH]ncc2C(=O)O)CC1. The van der Waals surface area contributed by atoms with Gasteiger partial charge in [0.05, 0.1) is 6.20 Å².